The Balaban J connectivity index is 1.84. The van der Waals surface area contributed by atoms with Gasteiger partial charge in [0.2, 0.25) is 5.91 Å². The molecule has 0 spiro atoms. The summed E-state index contributed by atoms with van der Waals surface area (Å²) >= 11 is 2.16. The van der Waals surface area contributed by atoms with Gasteiger partial charge in [-0.25, -0.2) is 4.98 Å². The fourth-order valence-electron chi connectivity index (χ4n) is 3.66. The summed E-state index contributed by atoms with van der Waals surface area (Å²) in [7, 11) is 0. The van der Waals surface area contributed by atoms with Crippen LogP contribution in [0.15, 0.2) is 18.3 Å². The van der Waals surface area contributed by atoms with E-state index in [0.29, 0.717) is 24.6 Å². The van der Waals surface area contributed by atoms with E-state index in [1.54, 1.807) is 12.3 Å². The Morgan fingerprint density at radius 3 is 2.75 bits per heavy atom. The highest BCUT2D eigenvalue weighted by atomic mass is 127. The average molecular weight is 384 g/mol. The molecule has 0 saturated heterocycles. The van der Waals surface area contributed by atoms with Crippen molar-refractivity contribution in [1.82, 2.24) is 4.98 Å². The minimum Gasteiger partial charge on any atom is -0.310 e. The summed E-state index contributed by atoms with van der Waals surface area (Å²) in [6.07, 6.45) is 4.03. The van der Waals surface area contributed by atoms with Crippen molar-refractivity contribution < 1.29 is 9.59 Å². The molecule has 0 aromatic carbocycles. The van der Waals surface area contributed by atoms with Crippen molar-refractivity contribution in [2.45, 2.75) is 33.1 Å². The standard InChI is InChI=1S/C15H17IN2O2/c1-14(2)9-5-6-15(7-9,12(14)19)13(20)18-11-4-3-10(16)8-17-11/h3-4,8-9H,5-7H2,1-2H3,(H,17,18,20). The largest absolute Gasteiger partial charge is 0.310 e. The Morgan fingerprint density at radius 2 is 2.20 bits per heavy atom. The molecule has 1 N–H and O–H groups in total. The molecule has 2 aliphatic carbocycles. The van der Waals surface area contributed by atoms with E-state index in [9.17, 15) is 9.59 Å². The van der Waals surface area contributed by atoms with Crippen molar-refractivity contribution in [3.8, 4) is 0 Å². The van der Waals surface area contributed by atoms with Crippen LogP contribution in [0.5, 0.6) is 0 Å². The number of pyridine rings is 1. The first-order valence-electron chi connectivity index (χ1n) is 6.84. The van der Waals surface area contributed by atoms with Crippen molar-refractivity contribution in [3.63, 3.8) is 0 Å². The first kappa shape index (κ1) is 14.0. The van der Waals surface area contributed by atoms with Gasteiger partial charge >= 0.3 is 0 Å². The van der Waals surface area contributed by atoms with E-state index in [1.165, 1.54) is 0 Å². The maximum absolute atomic E-state index is 12.6. The molecule has 1 aromatic heterocycles. The summed E-state index contributed by atoms with van der Waals surface area (Å²) < 4.78 is 1.01. The van der Waals surface area contributed by atoms with E-state index in [4.69, 9.17) is 0 Å². The van der Waals surface area contributed by atoms with Crippen molar-refractivity contribution in [2.75, 3.05) is 5.32 Å². The number of halogens is 1. The number of aromatic nitrogens is 1. The van der Waals surface area contributed by atoms with Crippen molar-refractivity contribution in [2.24, 2.45) is 16.7 Å². The predicted octanol–water partition coefficient (Wildman–Crippen LogP) is 3.02. The van der Waals surface area contributed by atoms with Gasteiger partial charge in [0.25, 0.3) is 0 Å². The summed E-state index contributed by atoms with van der Waals surface area (Å²) in [5, 5.41) is 2.82. The van der Waals surface area contributed by atoms with Crippen molar-refractivity contribution >= 4 is 40.1 Å². The number of ketones is 1. The zero-order chi connectivity index (χ0) is 14.5. The number of Topliss-reactive ketones (excluding diaryl/α,β-unsaturated/α-hetero) is 1. The summed E-state index contributed by atoms with van der Waals surface area (Å²) in [4.78, 5) is 29.4. The number of hydrogen-bond donors (Lipinski definition) is 1. The van der Waals surface area contributed by atoms with Gasteiger partial charge in [0, 0.05) is 15.2 Å². The molecule has 1 amide bonds. The van der Waals surface area contributed by atoms with Gasteiger partial charge < -0.3 is 5.32 Å². The van der Waals surface area contributed by atoms with E-state index in [-0.39, 0.29) is 17.1 Å². The third-order valence-corrected chi connectivity index (χ3v) is 5.60. The number of amides is 1. The van der Waals surface area contributed by atoms with Crippen molar-refractivity contribution in [1.29, 1.82) is 0 Å². The second-order valence-corrected chi connectivity index (χ2v) is 7.63. The zero-order valence-electron chi connectivity index (χ0n) is 11.6. The number of hydrogen-bond acceptors (Lipinski definition) is 3. The number of anilines is 1. The summed E-state index contributed by atoms with van der Waals surface area (Å²) in [6.45, 7) is 3.94. The predicted molar refractivity (Wildman–Crippen MR) is 84.1 cm³/mol. The number of nitrogens with one attached hydrogen (secondary N) is 1. The number of carbonyl (C=O) groups is 2. The molecule has 0 radical (unpaired) electrons. The van der Waals surface area contributed by atoms with Crippen LogP contribution in [0.3, 0.4) is 0 Å². The van der Waals surface area contributed by atoms with Gasteiger partial charge in [0.1, 0.15) is 11.2 Å². The molecule has 2 aliphatic rings. The van der Waals surface area contributed by atoms with Crippen molar-refractivity contribution in [3.05, 3.63) is 21.9 Å². The molecule has 2 unspecified atom stereocenters. The quantitative estimate of drug-likeness (QED) is 0.630. The van der Waals surface area contributed by atoms with Crippen LogP contribution >= 0.6 is 22.6 Å². The number of fused-ring (bicyclic) bond motifs is 2. The molecule has 4 nitrogen and oxygen atoms in total. The Kier molecular flexibility index (Phi) is 3.15. The van der Waals surface area contributed by atoms with Gasteiger partial charge in [-0.2, -0.15) is 0 Å². The lowest BCUT2D eigenvalue weighted by atomic mass is 9.70. The molecule has 2 atom stereocenters. The lowest BCUT2D eigenvalue weighted by molar-refractivity contribution is -0.142. The third kappa shape index (κ3) is 1.89. The Labute approximate surface area is 131 Å². The average Bonchev–Trinajstić information content (AvgIpc) is 2.93. The van der Waals surface area contributed by atoms with Crippen LogP contribution in [-0.4, -0.2) is 16.7 Å². The topological polar surface area (TPSA) is 59.1 Å². The first-order chi connectivity index (χ1) is 9.36. The number of nitrogens with zero attached hydrogens (tertiary/aromatic N) is 1. The highest BCUT2D eigenvalue weighted by molar-refractivity contribution is 14.1. The maximum Gasteiger partial charge on any atom is 0.239 e. The molecule has 2 saturated carbocycles. The van der Waals surface area contributed by atoms with Crippen LogP contribution in [0, 0.1) is 20.3 Å². The van der Waals surface area contributed by atoms with Crippen LogP contribution in [0.4, 0.5) is 5.82 Å². The number of carbonyl (C=O) groups excluding carboxylic acids is 2. The molecule has 20 heavy (non-hydrogen) atoms. The molecule has 3 rings (SSSR count). The van der Waals surface area contributed by atoms with Gasteiger partial charge in [-0.15, -0.1) is 0 Å². The van der Waals surface area contributed by atoms with E-state index in [2.05, 4.69) is 32.9 Å². The summed E-state index contributed by atoms with van der Waals surface area (Å²) in [5.41, 5.74) is -1.19. The molecular formula is C15H17IN2O2. The minimum atomic E-state index is -0.821. The summed E-state index contributed by atoms with van der Waals surface area (Å²) in [5.74, 6) is 0.782. The molecule has 5 heteroatoms. The monoisotopic (exact) mass is 384 g/mol. The van der Waals surface area contributed by atoms with Gasteiger partial charge in [-0.05, 0) is 59.9 Å². The lowest BCUT2D eigenvalue weighted by Crippen LogP contribution is -2.44. The highest BCUT2D eigenvalue weighted by Gasteiger charge is 2.65. The van der Waals surface area contributed by atoms with E-state index < -0.39 is 5.41 Å². The fourth-order valence-corrected chi connectivity index (χ4v) is 3.98. The molecule has 106 valence electrons. The fraction of sp³-hybridized carbons (Fsp3) is 0.533. The molecule has 1 aromatic rings. The Morgan fingerprint density at radius 1 is 1.45 bits per heavy atom. The normalized spacial score (nSPS) is 30.6. The SMILES string of the molecule is CC1(C)C(=O)C2(C(=O)Nc3ccc(I)cn3)CCC1C2. The second kappa shape index (κ2) is 4.51. The Bertz CT molecular complexity index is 582. The molecule has 1 heterocycles. The van der Waals surface area contributed by atoms with E-state index in [1.807, 2.05) is 19.9 Å². The lowest BCUT2D eigenvalue weighted by Gasteiger charge is -2.32. The van der Waals surface area contributed by atoms with Gasteiger partial charge in [0.15, 0.2) is 5.78 Å². The molecular weight excluding hydrogens is 367 g/mol. The second-order valence-electron chi connectivity index (χ2n) is 6.39. The van der Waals surface area contributed by atoms with Crippen LogP contribution < -0.4 is 5.32 Å². The van der Waals surface area contributed by atoms with Gasteiger partial charge in [-0.1, -0.05) is 13.8 Å². The minimum absolute atomic E-state index is 0.101. The number of rotatable bonds is 2. The molecule has 2 bridgehead atoms. The highest BCUT2D eigenvalue weighted by Crippen LogP contribution is 2.60. The van der Waals surface area contributed by atoms with Crippen LogP contribution in [0.25, 0.3) is 0 Å². The van der Waals surface area contributed by atoms with Crippen LogP contribution in [0.1, 0.15) is 33.1 Å². The smallest absolute Gasteiger partial charge is 0.239 e. The van der Waals surface area contributed by atoms with Crippen LogP contribution in [-0.2, 0) is 9.59 Å². The zero-order valence-corrected chi connectivity index (χ0v) is 13.7. The van der Waals surface area contributed by atoms with E-state index >= 15 is 0 Å². The summed E-state index contributed by atoms with van der Waals surface area (Å²) in [6, 6.07) is 3.66. The van der Waals surface area contributed by atoms with Crippen LogP contribution in [0.2, 0.25) is 0 Å². The van der Waals surface area contributed by atoms with E-state index in [0.717, 1.165) is 9.99 Å². The third-order valence-electron chi connectivity index (χ3n) is 4.96. The molecule has 0 aliphatic heterocycles. The maximum atomic E-state index is 12.6. The molecule has 2 fully saturated rings. The van der Waals surface area contributed by atoms with Gasteiger partial charge in [-0.3, -0.25) is 9.59 Å². The Hall–Kier alpha value is -0.980. The first-order valence-corrected chi connectivity index (χ1v) is 7.92. The van der Waals surface area contributed by atoms with Gasteiger partial charge in [0.05, 0.1) is 0 Å².